The van der Waals surface area contributed by atoms with Crippen molar-refractivity contribution in [2.75, 3.05) is 5.32 Å². The van der Waals surface area contributed by atoms with Crippen LogP contribution in [0, 0.1) is 0 Å². The van der Waals surface area contributed by atoms with E-state index in [1.54, 1.807) is 12.1 Å². The summed E-state index contributed by atoms with van der Waals surface area (Å²) < 4.78 is 0. The topological polar surface area (TPSA) is 49.3 Å². The monoisotopic (exact) mass is 227 g/mol. The SMILES string of the molecule is CC(=O)Nc1ccc(-c2ccc(O)cc2)cc1. The van der Waals surface area contributed by atoms with E-state index in [-0.39, 0.29) is 11.7 Å². The van der Waals surface area contributed by atoms with Crippen LogP contribution in [0.15, 0.2) is 48.5 Å². The lowest BCUT2D eigenvalue weighted by Gasteiger charge is -2.05. The summed E-state index contributed by atoms with van der Waals surface area (Å²) in [4.78, 5) is 10.9. The maximum Gasteiger partial charge on any atom is 0.221 e. The molecule has 0 aliphatic heterocycles. The quantitative estimate of drug-likeness (QED) is 0.828. The van der Waals surface area contributed by atoms with Crippen molar-refractivity contribution in [1.82, 2.24) is 0 Å². The zero-order chi connectivity index (χ0) is 12.3. The Bertz CT molecular complexity index is 515. The number of carbonyl (C=O) groups is 1. The van der Waals surface area contributed by atoms with E-state index in [0.717, 1.165) is 16.8 Å². The van der Waals surface area contributed by atoms with Gasteiger partial charge in [-0.15, -0.1) is 0 Å². The molecule has 0 heterocycles. The number of hydrogen-bond donors (Lipinski definition) is 2. The highest BCUT2D eigenvalue weighted by molar-refractivity contribution is 5.88. The second-order valence-corrected chi connectivity index (χ2v) is 3.81. The van der Waals surface area contributed by atoms with Gasteiger partial charge in [0.05, 0.1) is 0 Å². The molecule has 0 atom stereocenters. The van der Waals surface area contributed by atoms with Gasteiger partial charge in [0.2, 0.25) is 5.91 Å². The van der Waals surface area contributed by atoms with Crippen LogP contribution in [0.5, 0.6) is 5.75 Å². The molecule has 0 radical (unpaired) electrons. The minimum absolute atomic E-state index is 0.0811. The summed E-state index contributed by atoms with van der Waals surface area (Å²) in [5.41, 5.74) is 2.84. The predicted octanol–water partition coefficient (Wildman–Crippen LogP) is 3.02. The smallest absolute Gasteiger partial charge is 0.221 e. The Balaban J connectivity index is 2.23. The molecule has 0 saturated heterocycles. The highest BCUT2D eigenvalue weighted by Crippen LogP contribution is 2.23. The minimum Gasteiger partial charge on any atom is -0.508 e. The third kappa shape index (κ3) is 2.84. The Hall–Kier alpha value is -2.29. The fraction of sp³-hybridized carbons (Fsp3) is 0.0714. The van der Waals surface area contributed by atoms with E-state index >= 15 is 0 Å². The van der Waals surface area contributed by atoms with Crippen LogP contribution in [-0.4, -0.2) is 11.0 Å². The van der Waals surface area contributed by atoms with E-state index in [9.17, 15) is 9.90 Å². The van der Waals surface area contributed by atoms with Gasteiger partial charge in [0.25, 0.3) is 0 Å². The van der Waals surface area contributed by atoms with Gasteiger partial charge in [0.15, 0.2) is 0 Å². The Kier molecular flexibility index (Phi) is 3.10. The molecule has 2 N–H and O–H groups in total. The van der Waals surface area contributed by atoms with Crippen LogP contribution in [0.2, 0.25) is 0 Å². The number of hydrogen-bond acceptors (Lipinski definition) is 2. The highest BCUT2D eigenvalue weighted by atomic mass is 16.3. The molecule has 17 heavy (non-hydrogen) atoms. The molecule has 3 heteroatoms. The van der Waals surface area contributed by atoms with Crippen molar-refractivity contribution in [1.29, 1.82) is 0 Å². The van der Waals surface area contributed by atoms with Gasteiger partial charge in [-0.05, 0) is 35.4 Å². The molecule has 2 rings (SSSR count). The number of phenols is 1. The number of rotatable bonds is 2. The summed E-state index contributed by atoms with van der Waals surface area (Å²) in [6.07, 6.45) is 0. The molecule has 2 aromatic carbocycles. The first-order valence-corrected chi connectivity index (χ1v) is 5.32. The van der Waals surface area contributed by atoms with Crippen molar-refractivity contribution in [3.8, 4) is 16.9 Å². The normalized spacial score (nSPS) is 9.94. The van der Waals surface area contributed by atoms with Crippen molar-refractivity contribution >= 4 is 11.6 Å². The molecule has 86 valence electrons. The third-order valence-corrected chi connectivity index (χ3v) is 2.41. The summed E-state index contributed by atoms with van der Waals surface area (Å²) in [6, 6.07) is 14.6. The van der Waals surface area contributed by atoms with E-state index in [1.165, 1.54) is 6.92 Å². The predicted molar refractivity (Wildman–Crippen MR) is 67.8 cm³/mol. The van der Waals surface area contributed by atoms with Crippen LogP contribution in [0.1, 0.15) is 6.92 Å². The number of anilines is 1. The van der Waals surface area contributed by atoms with Crippen LogP contribution in [-0.2, 0) is 4.79 Å². The van der Waals surface area contributed by atoms with Crippen molar-refractivity contribution in [2.45, 2.75) is 6.92 Å². The minimum atomic E-state index is -0.0811. The lowest BCUT2D eigenvalue weighted by Crippen LogP contribution is -2.05. The van der Waals surface area contributed by atoms with Gasteiger partial charge in [-0.3, -0.25) is 4.79 Å². The first-order chi connectivity index (χ1) is 8.15. The summed E-state index contributed by atoms with van der Waals surface area (Å²) in [5.74, 6) is 0.172. The second kappa shape index (κ2) is 4.70. The summed E-state index contributed by atoms with van der Waals surface area (Å²) in [6.45, 7) is 1.48. The van der Waals surface area contributed by atoms with Gasteiger partial charge in [-0.25, -0.2) is 0 Å². The van der Waals surface area contributed by atoms with Gasteiger partial charge in [-0.1, -0.05) is 24.3 Å². The number of amides is 1. The van der Waals surface area contributed by atoms with E-state index in [1.807, 2.05) is 36.4 Å². The molecular weight excluding hydrogens is 214 g/mol. The summed E-state index contributed by atoms with van der Waals surface area (Å²) >= 11 is 0. The maximum absolute atomic E-state index is 10.9. The molecule has 0 bridgehead atoms. The lowest BCUT2D eigenvalue weighted by molar-refractivity contribution is -0.114. The van der Waals surface area contributed by atoms with Gasteiger partial charge < -0.3 is 10.4 Å². The van der Waals surface area contributed by atoms with Crippen LogP contribution < -0.4 is 5.32 Å². The number of carbonyl (C=O) groups excluding carboxylic acids is 1. The molecule has 0 spiro atoms. The number of aromatic hydroxyl groups is 1. The summed E-state index contributed by atoms with van der Waals surface area (Å²) in [5, 5.41) is 11.9. The van der Waals surface area contributed by atoms with E-state index in [0.29, 0.717) is 0 Å². The van der Waals surface area contributed by atoms with Gasteiger partial charge >= 0.3 is 0 Å². The summed E-state index contributed by atoms with van der Waals surface area (Å²) in [7, 11) is 0. The first kappa shape index (κ1) is 11.2. The first-order valence-electron chi connectivity index (χ1n) is 5.32. The molecule has 0 saturated carbocycles. The fourth-order valence-corrected chi connectivity index (χ4v) is 1.60. The van der Waals surface area contributed by atoms with Gasteiger partial charge in [-0.2, -0.15) is 0 Å². The van der Waals surface area contributed by atoms with Crippen LogP contribution >= 0.6 is 0 Å². The van der Waals surface area contributed by atoms with E-state index in [4.69, 9.17) is 0 Å². The van der Waals surface area contributed by atoms with Gasteiger partial charge in [0, 0.05) is 12.6 Å². The molecule has 0 unspecified atom stereocenters. The Morgan fingerprint density at radius 2 is 1.41 bits per heavy atom. The number of nitrogens with one attached hydrogen (secondary N) is 1. The molecule has 1 amide bonds. The van der Waals surface area contributed by atoms with Crippen molar-refractivity contribution in [2.24, 2.45) is 0 Å². The lowest BCUT2D eigenvalue weighted by atomic mass is 10.1. The molecule has 2 aromatic rings. The van der Waals surface area contributed by atoms with Crippen molar-refractivity contribution in [3.63, 3.8) is 0 Å². The molecular formula is C14H13NO2. The van der Waals surface area contributed by atoms with Crippen LogP contribution in [0.3, 0.4) is 0 Å². The third-order valence-electron chi connectivity index (χ3n) is 2.41. The Labute approximate surface area is 99.7 Å². The molecule has 0 fully saturated rings. The maximum atomic E-state index is 10.9. The fourth-order valence-electron chi connectivity index (χ4n) is 1.60. The molecule has 3 nitrogen and oxygen atoms in total. The largest absolute Gasteiger partial charge is 0.508 e. The average molecular weight is 227 g/mol. The van der Waals surface area contributed by atoms with E-state index < -0.39 is 0 Å². The Morgan fingerprint density at radius 1 is 0.941 bits per heavy atom. The van der Waals surface area contributed by atoms with Crippen molar-refractivity contribution in [3.05, 3.63) is 48.5 Å². The zero-order valence-corrected chi connectivity index (χ0v) is 9.47. The van der Waals surface area contributed by atoms with Crippen molar-refractivity contribution < 1.29 is 9.90 Å². The average Bonchev–Trinajstić information content (AvgIpc) is 2.30. The zero-order valence-electron chi connectivity index (χ0n) is 9.47. The second-order valence-electron chi connectivity index (χ2n) is 3.81. The Morgan fingerprint density at radius 3 is 1.88 bits per heavy atom. The number of benzene rings is 2. The molecule has 0 aromatic heterocycles. The number of phenolic OH excluding ortho intramolecular Hbond substituents is 1. The van der Waals surface area contributed by atoms with Crippen LogP contribution in [0.25, 0.3) is 11.1 Å². The van der Waals surface area contributed by atoms with Crippen LogP contribution in [0.4, 0.5) is 5.69 Å². The highest BCUT2D eigenvalue weighted by Gasteiger charge is 1.99. The standard InChI is InChI=1S/C14H13NO2/c1-10(16)15-13-6-2-11(3-7-13)12-4-8-14(17)9-5-12/h2-9,17H,1H3,(H,15,16). The van der Waals surface area contributed by atoms with E-state index in [2.05, 4.69) is 5.32 Å². The van der Waals surface area contributed by atoms with Gasteiger partial charge in [0.1, 0.15) is 5.75 Å². The molecule has 0 aliphatic rings. The molecule has 0 aliphatic carbocycles.